The number of aliphatic hydroxyl groups is 1. The molecule has 1 aliphatic carbocycles. The van der Waals surface area contributed by atoms with Gasteiger partial charge < -0.3 is 14.9 Å². The van der Waals surface area contributed by atoms with Crippen LogP contribution in [0.5, 0.6) is 0 Å². The highest BCUT2D eigenvalue weighted by Gasteiger charge is 2.53. The molecule has 0 saturated heterocycles. The van der Waals surface area contributed by atoms with Gasteiger partial charge in [0.15, 0.2) is 0 Å². The first-order chi connectivity index (χ1) is 14.4. The predicted octanol–water partition coefficient (Wildman–Crippen LogP) is 5.04. The molecule has 3 N–H and O–H groups in total. The SMILES string of the molecule is C.Cc1noc(C)c1-c1ccc2c(c1)C(N[C@H](CO)C(C)C)(C1CCCCC1)C(=O)N2.S. The number of benzene rings is 1. The minimum Gasteiger partial charge on any atom is -0.395 e. The lowest BCUT2D eigenvalue weighted by atomic mass is 9.70. The van der Waals surface area contributed by atoms with Gasteiger partial charge in [0.2, 0.25) is 5.91 Å². The van der Waals surface area contributed by atoms with Crippen LogP contribution in [0.2, 0.25) is 0 Å². The number of carbonyl (C=O) groups excluding carboxylic acids is 1. The van der Waals surface area contributed by atoms with Crippen molar-refractivity contribution in [2.75, 3.05) is 11.9 Å². The fraction of sp³-hybridized carbons (Fsp3) is 0.600. The van der Waals surface area contributed by atoms with E-state index in [-0.39, 0.29) is 51.3 Å². The maximum absolute atomic E-state index is 13.6. The minimum atomic E-state index is -0.831. The van der Waals surface area contributed by atoms with Crippen molar-refractivity contribution >= 4 is 25.1 Å². The van der Waals surface area contributed by atoms with Crippen molar-refractivity contribution in [3.8, 4) is 11.1 Å². The van der Waals surface area contributed by atoms with Crippen molar-refractivity contribution in [3.63, 3.8) is 0 Å². The molecule has 2 aromatic rings. The van der Waals surface area contributed by atoms with Crippen molar-refractivity contribution < 1.29 is 14.4 Å². The highest BCUT2D eigenvalue weighted by molar-refractivity contribution is 7.59. The average Bonchev–Trinajstić information content (AvgIpc) is 3.22. The summed E-state index contributed by atoms with van der Waals surface area (Å²) in [6, 6.07) is 5.97. The van der Waals surface area contributed by atoms with Crippen LogP contribution in [0.4, 0.5) is 5.69 Å². The Balaban J connectivity index is 0.00000181. The molecule has 1 amide bonds. The Bertz CT molecular complexity index is 917. The van der Waals surface area contributed by atoms with E-state index in [1.165, 1.54) is 6.42 Å². The fourth-order valence-electron chi connectivity index (χ4n) is 5.29. The largest absolute Gasteiger partial charge is 0.395 e. The highest BCUT2D eigenvalue weighted by Crippen LogP contribution is 2.48. The molecule has 2 heterocycles. The number of fused-ring (bicyclic) bond motifs is 1. The van der Waals surface area contributed by atoms with E-state index in [2.05, 4.69) is 35.7 Å². The van der Waals surface area contributed by atoms with Gasteiger partial charge in [0.1, 0.15) is 11.3 Å². The molecule has 1 saturated carbocycles. The summed E-state index contributed by atoms with van der Waals surface area (Å²) >= 11 is 0. The van der Waals surface area contributed by atoms with Gasteiger partial charge >= 0.3 is 0 Å². The zero-order valence-corrected chi connectivity index (χ0v) is 19.9. The van der Waals surface area contributed by atoms with E-state index >= 15 is 0 Å². The number of aromatic nitrogens is 1. The van der Waals surface area contributed by atoms with Crippen LogP contribution in [0, 0.1) is 25.7 Å². The van der Waals surface area contributed by atoms with Gasteiger partial charge in [-0.1, -0.05) is 51.8 Å². The molecule has 178 valence electrons. The van der Waals surface area contributed by atoms with E-state index in [9.17, 15) is 9.90 Å². The Morgan fingerprint density at radius 1 is 1.25 bits per heavy atom. The number of carbonyl (C=O) groups is 1. The summed E-state index contributed by atoms with van der Waals surface area (Å²) in [6.45, 7) is 8.01. The van der Waals surface area contributed by atoms with Gasteiger partial charge in [-0.2, -0.15) is 13.5 Å². The molecule has 1 aliphatic heterocycles. The first-order valence-corrected chi connectivity index (χ1v) is 11.2. The van der Waals surface area contributed by atoms with Crippen molar-refractivity contribution in [3.05, 3.63) is 35.2 Å². The Labute approximate surface area is 199 Å². The lowest BCUT2D eigenvalue weighted by Gasteiger charge is -2.42. The standard InChI is InChI=1S/C24H33N3O3.CH4.H2S/c1-14(2)21(13-28)26-24(18-8-6-5-7-9-18)19-12-17(10-11-20(19)25-23(24)29)22-15(3)27-30-16(22)4;;/h10-12,14,18,21,26,28H,5-9,13H2,1-4H3,(H,25,29);1H4;1H2/t21-,24?;;/m1../s1. The third-order valence-corrected chi connectivity index (χ3v) is 7.00. The normalized spacial score (nSPS) is 21.5. The first kappa shape index (κ1) is 26.4. The van der Waals surface area contributed by atoms with Crippen LogP contribution >= 0.6 is 13.5 Å². The lowest BCUT2D eigenvalue weighted by Crippen LogP contribution is -2.59. The van der Waals surface area contributed by atoms with Gasteiger partial charge in [-0.25, -0.2) is 0 Å². The molecule has 1 unspecified atom stereocenters. The quantitative estimate of drug-likeness (QED) is 0.561. The number of amides is 1. The molecule has 32 heavy (non-hydrogen) atoms. The summed E-state index contributed by atoms with van der Waals surface area (Å²) in [4.78, 5) is 13.6. The van der Waals surface area contributed by atoms with E-state index in [1.54, 1.807) is 0 Å². The van der Waals surface area contributed by atoms with E-state index in [4.69, 9.17) is 4.52 Å². The van der Waals surface area contributed by atoms with Crippen molar-refractivity contribution in [2.24, 2.45) is 11.8 Å². The van der Waals surface area contributed by atoms with Crippen molar-refractivity contribution in [1.29, 1.82) is 0 Å². The molecule has 2 atom stereocenters. The molecule has 1 fully saturated rings. The predicted molar refractivity (Wildman–Crippen MR) is 134 cm³/mol. The molecule has 6 nitrogen and oxygen atoms in total. The monoisotopic (exact) mass is 461 g/mol. The topological polar surface area (TPSA) is 87.4 Å². The summed E-state index contributed by atoms with van der Waals surface area (Å²) in [5.74, 6) is 1.18. The smallest absolute Gasteiger partial charge is 0.249 e. The second-order valence-corrected chi connectivity index (χ2v) is 9.23. The average molecular weight is 462 g/mol. The van der Waals surface area contributed by atoms with Crippen LogP contribution in [-0.4, -0.2) is 28.8 Å². The van der Waals surface area contributed by atoms with Crippen molar-refractivity contribution in [2.45, 2.75) is 78.8 Å². The van der Waals surface area contributed by atoms with Crippen LogP contribution in [0.3, 0.4) is 0 Å². The first-order valence-electron chi connectivity index (χ1n) is 11.2. The molecule has 0 spiro atoms. The Hall–Kier alpha value is -1.83. The van der Waals surface area contributed by atoms with Crippen LogP contribution in [0.25, 0.3) is 11.1 Å². The summed E-state index contributed by atoms with van der Waals surface area (Å²) in [7, 11) is 0. The Kier molecular flexibility index (Phi) is 8.59. The summed E-state index contributed by atoms with van der Waals surface area (Å²) in [6.07, 6.45) is 5.49. The molecular weight excluding hydrogens is 422 g/mol. The molecule has 4 rings (SSSR count). The zero-order chi connectivity index (χ0) is 21.5. The third kappa shape index (κ3) is 4.35. The number of rotatable bonds is 6. The number of nitrogens with one attached hydrogen (secondary N) is 2. The number of nitrogens with zero attached hydrogens (tertiary/aromatic N) is 1. The molecular formula is C25H39N3O3S. The number of aryl methyl sites for hydroxylation is 2. The van der Waals surface area contributed by atoms with E-state index in [1.807, 2.05) is 26.0 Å². The summed E-state index contributed by atoms with van der Waals surface area (Å²) < 4.78 is 5.39. The second kappa shape index (κ2) is 10.4. The van der Waals surface area contributed by atoms with Crippen LogP contribution in [-0.2, 0) is 10.3 Å². The van der Waals surface area contributed by atoms with E-state index < -0.39 is 5.54 Å². The number of aliphatic hydroxyl groups excluding tert-OH is 1. The number of hydrogen-bond acceptors (Lipinski definition) is 5. The molecule has 7 heteroatoms. The zero-order valence-electron chi connectivity index (χ0n) is 18.9. The number of anilines is 1. The molecule has 1 aromatic carbocycles. The maximum Gasteiger partial charge on any atom is 0.249 e. The lowest BCUT2D eigenvalue weighted by molar-refractivity contribution is -0.125. The highest BCUT2D eigenvalue weighted by atomic mass is 32.1. The van der Waals surface area contributed by atoms with E-state index in [0.29, 0.717) is 0 Å². The Morgan fingerprint density at radius 3 is 2.50 bits per heavy atom. The molecule has 0 radical (unpaired) electrons. The maximum atomic E-state index is 13.6. The van der Waals surface area contributed by atoms with Gasteiger partial charge in [-0.3, -0.25) is 10.1 Å². The van der Waals surface area contributed by atoms with Crippen LogP contribution in [0.1, 0.15) is 70.4 Å². The van der Waals surface area contributed by atoms with E-state index in [0.717, 1.165) is 59.5 Å². The van der Waals surface area contributed by atoms with Gasteiger partial charge in [-0.15, -0.1) is 0 Å². The van der Waals surface area contributed by atoms with Crippen LogP contribution in [0.15, 0.2) is 22.7 Å². The summed E-state index contributed by atoms with van der Waals surface area (Å²) in [5.41, 5.74) is 3.84. The summed E-state index contributed by atoms with van der Waals surface area (Å²) in [5, 5.41) is 21.0. The minimum absolute atomic E-state index is 0. The van der Waals surface area contributed by atoms with Crippen LogP contribution < -0.4 is 10.6 Å². The van der Waals surface area contributed by atoms with Gasteiger partial charge in [-0.05, 0) is 56.2 Å². The second-order valence-electron chi connectivity index (χ2n) is 9.23. The number of hydrogen-bond donors (Lipinski definition) is 3. The van der Waals surface area contributed by atoms with Crippen molar-refractivity contribution in [1.82, 2.24) is 10.5 Å². The third-order valence-electron chi connectivity index (χ3n) is 7.00. The van der Waals surface area contributed by atoms with Gasteiger partial charge in [0.05, 0.1) is 12.3 Å². The molecule has 2 aliphatic rings. The molecule has 1 aromatic heterocycles. The van der Waals surface area contributed by atoms with Gasteiger partial charge in [0.25, 0.3) is 0 Å². The molecule has 0 bridgehead atoms. The van der Waals surface area contributed by atoms with Gasteiger partial charge in [0, 0.05) is 22.9 Å². The Morgan fingerprint density at radius 2 is 1.94 bits per heavy atom. The fourth-order valence-corrected chi connectivity index (χ4v) is 5.29.